The molecule has 0 atom stereocenters. The molecule has 0 amide bonds. The Bertz CT molecular complexity index is 809. The van der Waals surface area contributed by atoms with Crippen LogP contribution < -0.4 is 20.1 Å². The van der Waals surface area contributed by atoms with Crippen LogP contribution in [0.15, 0.2) is 29.4 Å². The first kappa shape index (κ1) is 23.9. The lowest BCUT2D eigenvalue weighted by molar-refractivity contribution is -0.142. The molecule has 0 unspecified atom stereocenters. The Hall–Kier alpha value is -2.18. The summed E-state index contributed by atoms with van der Waals surface area (Å²) in [5.74, 6) is 1.43. The van der Waals surface area contributed by atoms with E-state index in [1.54, 1.807) is 18.2 Å². The molecule has 2 aromatic rings. The predicted octanol–water partition coefficient (Wildman–Crippen LogP) is 3.65. The van der Waals surface area contributed by atoms with Crippen LogP contribution in [-0.2, 0) is 19.8 Å². The van der Waals surface area contributed by atoms with Crippen LogP contribution in [0.1, 0.15) is 18.2 Å². The Kier molecular flexibility index (Phi) is 8.85. The van der Waals surface area contributed by atoms with Crippen LogP contribution in [0, 0.1) is 0 Å². The van der Waals surface area contributed by atoms with Crippen LogP contribution in [0.3, 0.4) is 0 Å². The van der Waals surface area contributed by atoms with Crippen molar-refractivity contribution in [1.82, 2.24) is 15.1 Å². The summed E-state index contributed by atoms with van der Waals surface area (Å²) in [6.45, 7) is 2.28. The average Bonchev–Trinajstić information content (AvgIpc) is 3.01. The van der Waals surface area contributed by atoms with E-state index >= 15 is 0 Å². The van der Waals surface area contributed by atoms with E-state index in [0.29, 0.717) is 29.8 Å². The summed E-state index contributed by atoms with van der Waals surface area (Å²) in [5.41, 5.74) is -0.251. The maximum absolute atomic E-state index is 13.0. The molecule has 2 rings (SSSR count). The molecule has 0 spiro atoms. The molecule has 0 radical (unpaired) electrons. The van der Waals surface area contributed by atoms with Gasteiger partial charge in [-0.1, -0.05) is 0 Å². The summed E-state index contributed by atoms with van der Waals surface area (Å²) in [4.78, 5) is 4.03. The lowest BCUT2D eigenvalue weighted by Crippen LogP contribution is -2.30. The van der Waals surface area contributed by atoms with Crippen LogP contribution in [0.5, 0.6) is 11.5 Å². The topological polar surface area (TPSA) is 72.7 Å². The Balaban J connectivity index is 0.00000392. The molecule has 0 saturated carbocycles. The fourth-order valence-electron chi connectivity index (χ4n) is 2.42. The molecular formula is C17H23F3IN5O2. The van der Waals surface area contributed by atoms with Crippen molar-refractivity contribution in [3.8, 4) is 11.5 Å². The Morgan fingerprint density at radius 2 is 2.00 bits per heavy atom. The molecule has 7 nitrogen and oxygen atoms in total. The number of hydrogen-bond acceptors (Lipinski definition) is 4. The van der Waals surface area contributed by atoms with E-state index in [9.17, 15) is 13.2 Å². The van der Waals surface area contributed by atoms with E-state index in [4.69, 9.17) is 9.47 Å². The molecular weight excluding hydrogens is 490 g/mol. The maximum Gasteiger partial charge on any atom is 0.435 e. The Labute approximate surface area is 178 Å². The van der Waals surface area contributed by atoms with Gasteiger partial charge in [-0.05, 0) is 19.1 Å². The predicted molar refractivity (Wildman–Crippen MR) is 112 cm³/mol. The number of anilines is 1. The summed E-state index contributed by atoms with van der Waals surface area (Å²) in [5, 5.41) is 9.33. The molecule has 0 fully saturated rings. The fraction of sp³-hybridized carbons (Fsp3) is 0.412. The molecule has 2 N–H and O–H groups in total. The number of halogens is 4. The number of methoxy groups -OCH3 is 1. The highest BCUT2D eigenvalue weighted by molar-refractivity contribution is 14.0. The van der Waals surface area contributed by atoms with Gasteiger partial charge in [0.05, 0.1) is 13.7 Å². The summed E-state index contributed by atoms with van der Waals surface area (Å²) < 4.78 is 50.9. The van der Waals surface area contributed by atoms with Crippen LogP contribution in [-0.4, -0.2) is 36.5 Å². The van der Waals surface area contributed by atoms with Crippen molar-refractivity contribution in [3.05, 3.63) is 35.7 Å². The molecule has 0 aliphatic carbocycles. The van der Waals surface area contributed by atoms with Gasteiger partial charge >= 0.3 is 6.18 Å². The third-order valence-electron chi connectivity index (χ3n) is 3.57. The largest absolute Gasteiger partial charge is 0.493 e. The molecule has 0 aliphatic heterocycles. The molecule has 1 heterocycles. The standard InChI is InChI=1S/C17H22F3N5O2.HI/c1-5-27-13-7-6-12(8-14(13)26-4)23-16(21-2)22-9-11-10-25(3)24-15(11)17(18,19)20;/h6-8,10H,5,9H2,1-4H3,(H2,21,22,23);1H. The number of nitrogens with one attached hydrogen (secondary N) is 2. The highest BCUT2D eigenvalue weighted by Gasteiger charge is 2.36. The zero-order chi connectivity index (χ0) is 20.0. The lowest BCUT2D eigenvalue weighted by atomic mass is 10.2. The van der Waals surface area contributed by atoms with Gasteiger partial charge < -0.3 is 20.1 Å². The van der Waals surface area contributed by atoms with Crippen molar-refractivity contribution >= 4 is 35.6 Å². The minimum atomic E-state index is -4.52. The van der Waals surface area contributed by atoms with Gasteiger partial charge in [0.1, 0.15) is 0 Å². The normalized spacial score (nSPS) is 11.6. The number of aryl methyl sites for hydroxylation is 1. The lowest BCUT2D eigenvalue weighted by Gasteiger charge is -2.15. The molecule has 0 bridgehead atoms. The SMILES string of the molecule is CCOc1ccc(NC(=NC)NCc2cn(C)nc2C(F)(F)F)cc1OC.I. The number of guanidine groups is 1. The first-order chi connectivity index (χ1) is 12.8. The van der Waals surface area contributed by atoms with Crippen molar-refractivity contribution in [2.45, 2.75) is 19.6 Å². The van der Waals surface area contributed by atoms with Crippen molar-refractivity contribution < 1.29 is 22.6 Å². The van der Waals surface area contributed by atoms with Crippen molar-refractivity contribution in [2.75, 3.05) is 26.1 Å². The number of rotatable bonds is 6. The minimum Gasteiger partial charge on any atom is -0.493 e. The van der Waals surface area contributed by atoms with Gasteiger partial charge in [-0.15, -0.1) is 24.0 Å². The molecule has 156 valence electrons. The van der Waals surface area contributed by atoms with E-state index in [2.05, 4.69) is 20.7 Å². The van der Waals surface area contributed by atoms with E-state index in [1.807, 2.05) is 6.92 Å². The summed E-state index contributed by atoms with van der Waals surface area (Å²) in [7, 11) is 4.49. The van der Waals surface area contributed by atoms with E-state index < -0.39 is 11.9 Å². The molecule has 0 aliphatic rings. The molecule has 11 heteroatoms. The van der Waals surface area contributed by atoms with Crippen LogP contribution in [0.25, 0.3) is 0 Å². The third-order valence-corrected chi connectivity index (χ3v) is 3.57. The number of benzene rings is 1. The number of hydrogen-bond donors (Lipinski definition) is 2. The average molecular weight is 513 g/mol. The number of ether oxygens (including phenoxy) is 2. The van der Waals surface area contributed by atoms with Gasteiger partial charge in [0, 0.05) is 44.2 Å². The smallest absolute Gasteiger partial charge is 0.435 e. The molecule has 0 saturated heterocycles. The van der Waals surface area contributed by atoms with Crippen LogP contribution >= 0.6 is 24.0 Å². The van der Waals surface area contributed by atoms with Gasteiger partial charge in [-0.25, -0.2) is 0 Å². The van der Waals surface area contributed by atoms with Gasteiger partial charge in [0.25, 0.3) is 0 Å². The van der Waals surface area contributed by atoms with Crippen molar-refractivity contribution in [3.63, 3.8) is 0 Å². The van der Waals surface area contributed by atoms with E-state index in [0.717, 1.165) is 4.68 Å². The monoisotopic (exact) mass is 513 g/mol. The summed E-state index contributed by atoms with van der Waals surface area (Å²) in [6.07, 6.45) is -3.19. The second-order valence-corrected chi connectivity index (χ2v) is 5.52. The second kappa shape index (κ2) is 10.4. The van der Waals surface area contributed by atoms with Gasteiger partial charge in [0.15, 0.2) is 23.2 Å². The van der Waals surface area contributed by atoms with Crippen molar-refractivity contribution in [1.29, 1.82) is 0 Å². The first-order valence-corrected chi connectivity index (χ1v) is 8.16. The highest BCUT2D eigenvalue weighted by atomic mass is 127. The maximum atomic E-state index is 13.0. The summed E-state index contributed by atoms with van der Waals surface area (Å²) in [6, 6.07) is 5.20. The minimum absolute atomic E-state index is 0. The van der Waals surface area contributed by atoms with Gasteiger partial charge in [0.2, 0.25) is 0 Å². The second-order valence-electron chi connectivity index (χ2n) is 5.52. The quantitative estimate of drug-likeness (QED) is 0.351. The first-order valence-electron chi connectivity index (χ1n) is 8.16. The summed E-state index contributed by atoms with van der Waals surface area (Å²) >= 11 is 0. The molecule has 28 heavy (non-hydrogen) atoms. The Morgan fingerprint density at radius 3 is 2.57 bits per heavy atom. The third kappa shape index (κ3) is 6.17. The van der Waals surface area contributed by atoms with E-state index in [1.165, 1.54) is 27.4 Å². The van der Waals surface area contributed by atoms with E-state index in [-0.39, 0.29) is 36.1 Å². The Morgan fingerprint density at radius 1 is 1.29 bits per heavy atom. The zero-order valence-electron chi connectivity index (χ0n) is 15.9. The highest BCUT2D eigenvalue weighted by Crippen LogP contribution is 2.31. The van der Waals surface area contributed by atoms with Crippen LogP contribution in [0.2, 0.25) is 0 Å². The zero-order valence-corrected chi connectivity index (χ0v) is 18.3. The number of aromatic nitrogens is 2. The number of alkyl halides is 3. The molecule has 1 aromatic carbocycles. The van der Waals surface area contributed by atoms with Gasteiger partial charge in [-0.2, -0.15) is 18.3 Å². The van der Waals surface area contributed by atoms with Gasteiger partial charge in [-0.3, -0.25) is 9.67 Å². The number of aliphatic imine (C=N–C) groups is 1. The fourth-order valence-corrected chi connectivity index (χ4v) is 2.42. The van der Waals surface area contributed by atoms with Crippen molar-refractivity contribution in [2.24, 2.45) is 12.0 Å². The number of nitrogens with zero attached hydrogens (tertiary/aromatic N) is 3. The van der Waals surface area contributed by atoms with Crippen LogP contribution in [0.4, 0.5) is 18.9 Å². The molecule has 1 aromatic heterocycles.